The maximum atomic E-state index is 12.3. The minimum Gasteiger partial charge on any atom is -0.368 e. The number of hydrogen-bond donors (Lipinski definition) is 1. The topological polar surface area (TPSA) is 47.9 Å². The van der Waals surface area contributed by atoms with Gasteiger partial charge >= 0.3 is 0 Å². The first-order valence-electron chi connectivity index (χ1n) is 9.38. The zero-order chi connectivity index (χ0) is 19.1. The van der Waals surface area contributed by atoms with Crippen LogP contribution in [-0.4, -0.2) is 60.6 Å². The molecule has 0 spiro atoms. The quantitative estimate of drug-likeness (QED) is 0.636. The monoisotopic (exact) mass is 384 g/mol. The van der Waals surface area contributed by atoms with Gasteiger partial charge in [0.2, 0.25) is 0 Å². The Morgan fingerprint density at radius 3 is 2.48 bits per heavy atom. The van der Waals surface area contributed by atoms with Crippen molar-refractivity contribution in [3.05, 3.63) is 60.2 Å². The molecule has 0 amide bonds. The van der Waals surface area contributed by atoms with Crippen molar-refractivity contribution in [1.82, 2.24) is 10.2 Å². The molecule has 0 aliphatic carbocycles. The Kier molecular flexibility index (Phi) is 6.87. The van der Waals surface area contributed by atoms with Crippen LogP contribution in [0.2, 0.25) is 0 Å². The van der Waals surface area contributed by atoms with Gasteiger partial charge in [0, 0.05) is 56.1 Å². The Morgan fingerprint density at radius 1 is 1.07 bits per heavy atom. The van der Waals surface area contributed by atoms with Gasteiger partial charge in [0.25, 0.3) is 0 Å². The molecule has 1 heterocycles. The van der Waals surface area contributed by atoms with Crippen LogP contribution in [0.15, 0.2) is 64.5 Å². The van der Waals surface area contributed by atoms with E-state index in [0.29, 0.717) is 12.3 Å². The zero-order valence-corrected chi connectivity index (χ0v) is 16.9. The Hall–Kier alpha value is -2.34. The van der Waals surface area contributed by atoms with Crippen LogP contribution in [0, 0.1) is 6.92 Å². The summed E-state index contributed by atoms with van der Waals surface area (Å²) >= 11 is 0. The van der Waals surface area contributed by atoms with Gasteiger partial charge < -0.3 is 15.1 Å². The average molecular weight is 385 g/mol. The molecule has 1 N–H and O–H groups in total. The smallest absolute Gasteiger partial charge is 0.193 e. The lowest BCUT2D eigenvalue weighted by atomic mass is 10.2. The van der Waals surface area contributed by atoms with E-state index in [4.69, 9.17) is 0 Å². The molecule has 0 aromatic heterocycles. The maximum absolute atomic E-state index is 12.3. The second-order valence-electron chi connectivity index (χ2n) is 6.65. The Labute approximate surface area is 164 Å². The molecule has 144 valence electrons. The van der Waals surface area contributed by atoms with Gasteiger partial charge in [-0.25, -0.2) is 0 Å². The molecule has 5 nitrogen and oxygen atoms in total. The van der Waals surface area contributed by atoms with Crippen molar-refractivity contribution in [3.8, 4) is 0 Å². The molecule has 27 heavy (non-hydrogen) atoms. The third-order valence-corrected chi connectivity index (χ3v) is 6.11. The number of rotatable bonds is 5. The number of nitrogens with one attached hydrogen (secondary N) is 1. The zero-order valence-electron chi connectivity index (χ0n) is 16.1. The molecule has 2 aromatic carbocycles. The highest BCUT2D eigenvalue weighted by atomic mass is 32.2. The highest BCUT2D eigenvalue weighted by Crippen LogP contribution is 2.17. The van der Waals surface area contributed by atoms with E-state index in [1.165, 1.54) is 11.3 Å². The van der Waals surface area contributed by atoms with Crippen LogP contribution in [0.25, 0.3) is 0 Å². The number of aliphatic imine (C=N–C) groups is 1. The molecule has 1 atom stereocenters. The lowest BCUT2D eigenvalue weighted by Crippen LogP contribution is -2.53. The van der Waals surface area contributed by atoms with Gasteiger partial charge in [-0.1, -0.05) is 30.3 Å². The molecule has 6 heteroatoms. The van der Waals surface area contributed by atoms with E-state index in [-0.39, 0.29) is 0 Å². The van der Waals surface area contributed by atoms with E-state index >= 15 is 0 Å². The van der Waals surface area contributed by atoms with Crippen molar-refractivity contribution in [3.63, 3.8) is 0 Å². The van der Waals surface area contributed by atoms with E-state index in [9.17, 15) is 4.21 Å². The SMILES string of the molecule is CN=C(NCCS(=O)c1ccccc1)N1CCN(c2cccc(C)c2)CC1. The summed E-state index contributed by atoms with van der Waals surface area (Å²) < 4.78 is 12.3. The Morgan fingerprint density at radius 2 is 1.81 bits per heavy atom. The van der Waals surface area contributed by atoms with E-state index in [0.717, 1.165) is 37.0 Å². The normalized spacial score (nSPS) is 16.3. The number of piperazine rings is 1. The predicted molar refractivity (Wildman–Crippen MR) is 114 cm³/mol. The molecule has 1 aliphatic rings. The van der Waals surface area contributed by atoms with Crippen LogP contribution in [0.3, 0.4) is 0 Å². The largest absolute Gasteiger partial charge is 0.368 e. The molecule has 1 aliphatic heterocycles. The minimum absolute atomic E-state index is 0.576. The number of guanidine groups is 1. The summed E-state index contributed by atoms with van der Waals surface area (Å²) in [6, 6.07) is 18.3. The third-order valence-electron chi connectivity index (χ3n) is 4.73. The first kappa shape index (κ1) is 19.4. The van der Waals surface area contributed by atoms with E-state index in [1.54, 1.807) is 0 Å². The van der Waals surface area contributed by atoms with Gasteiger partial charge in [0.15, 0.2) is 5.96 Å². The first-order chi connectivity index (χ1) is 13.2. The number of aryl methyl sites for hydroxylation is 1. The van der Waals surface area contributed by atoms with Crippen LogP contribution in [-0.2, 0) is 10.8 Å². The lowest BCUT2D eigenvalue weighted by Gasteiger charge is -2.37. The molecule has 0 radical (unpaired) electrons. The molecular weight excluding hydrogens is 356 g/mol. The summed E-state index contributed by atoms with van der Waals surface area (Å²) in [7, 11) is 0.825. The van der Waals surface area contributed by atoms with Gasteiger partial charge in [-0.3, -0.25) is 9.20 Å². The predicted octanol–water partition coefficient (Wildman–Crippen LogP) is 2.50. The van der Waals surface area contributed by atoms with Crippen molar-refractivity contribution >= 4 is 22.4 Å². The second kappa shape index (κ2) is 9.55. The molecule has 0 saturated carbocycles. The van der Waals surface area contributed by atoms with Gasteiger partial charge in [-0.05, 0) is 36.8 Å². The van der Waals surface area contributed by atoms with Crippen molar-refractivity contribution in [1.29, 1.82) is 0 Å². The highest BCUT2D eigenvalue weighted by molar-refractivity contribution is 7.85. The number of anilines is 1. The fraction of sp³-hybridized carbons (Fsp3) is 0.381. The fourth-order valence-corrected chi connectivity index (χ4v) is 4.26. The molecule has 0 bridgehead atoms. The van der Waals surface area contributed by atoms with E-state index in [2.05, 4.69) is 51.3 Å². The number of nitrogens with zero attached hydrogens (tertiary/aromatic N) is 3. The molecule has 1 fully saturated rings. The molecule has 3 rings (SSSR count). The van der Waals surface area contributed by atoms with Crippen LogP contribution < -0.4 is 10.2 Å². The van der Waals surface area contributed by atoms with Crippen molar-refractivity contribution in [2.24, 2.45) is 4.99 Å². The van der Waals surface area contributed by atoms with E-state index < -0.39 is 10.8 Å². The fourth-order valence-electron chi connectivity index (χ4n) is 3.28. The van der Waals surface area contributed by atoms with E-state index in [1.807, 2.05) is 37.4 Å². The molecular formula is C21H28N4OS. The average Bonchev–Trinajstić information content (AvgIpc) is 2.72. The summed E-state index contributed by atoms with van der Waals surface area (Å²) in [5.74, 6) is 1.47. The third kappa shape index (κ3) is 5.32. The summed E-state index contributed by atoms with van der Waals surface area (Å²) in [4.78, 5) is 9.98. The van der Waals surface area contributed by atoms with Gasteiger partial charge in [0.05, 0.1) is 10.8 Å². The van der Waals surface area contributed by atoms with Crippen LogP contribution in [0.5, 0.6) is 0 Å². The Balaban J connectivity index is 1.47. The van der Waals surface area contributed by atoms with Gasteiger partial charge in [-0.15, -0.1) is 0 Å². The highest BCUT2D eigenvalue weighted by Gasteiger charge is 2.19. The molecule has 1 unspecified atom stereocenters. The standard InChI is InChI=1S/C21H28N4OS/c1-18-7-6-8-19(17-18)24-12-14-25(15-13-24)21(22-2)23-11-16-27(26)20-9-4-3-5-10-20/h3-10,17H,11-16H2,1-2H3,(H,22,23). The Bertz CT molecular complexity index is 786. The molecule has 2 aromatic rings. The summed E-state index contributed by atoms with van der Waals surface area (Å²) in [6.07, 6.45) is 0. The van der Waals surface area contributed by atoms with Gasteiger partial charge in [0.1, 0.15) is 0 Å². The summed E-state index contributed by atoms with van der Waals surface area (Å²) in [5, 5.41) is 3.37. The minimum atomic E-state index is -0.984. The molecule has 1 saturated heterocycles. The van der Waals surface area contributed by atoms with Crippen LogP contribution in [0.4, 0.5) is 5.69 Å². The number of hydrogen-bond acceptors (Lipinski definition) is 3. The van der Waals surface area contributed by atoms with Crippen molar-refractivity contribution < 1.29 is 4.21 Å². The van der Waals surface area contributed by atoms with Crippen molar-refractivity contribution in [2.75, 3.05) is 50.4 Å². The number of benzene rings is 2. The second-order valence-corrected chi connectivity index (χ2v) is 8.22. The summed E-state index contributed by atoms with van der Waals surface area (Å²) in [6.45, 7) is 6.57. The lowest BCUT2D eigenvalue weighted by molar-refractivity contribution is 0.373. The van der Waals surface area contributed by atoms with Gasteiger partial charge in [-0.2, -0.15) is 0 Å². The van der Waals surface area contributed by atoms with Crippen LogP contribution in [0.1, 0.15) is 5.56 Å². The van der Waals surface area contributed by atoms with Crippen LogP contribution >= 0.6 is 0 Å². The summed E-state index contributed by atoms with van der Waals surface area (Å²) in [5.41, 5.74) is 2.58. The maximum Gasteiger partial charge on any atom is 0.193 e. The first-order valence-corrected chi connectivity index (χ1v) is 10.7. The van der Waals surface area contributed by atoms with Crippen molar-refractivity contribution in [2.45, 2.75) is 11.8 Å².